The molecule has 0 heterocycles. The highest BCUT2D eigenvalue weighted by molar-refractivity contribution is 6.31. The summed E-state index contributed by atoms with van der Waals surface area (Å²) in [4.78, 5) is 12.9. The molecule has 0 aromatic heterocycles. The Morgan fingerprint density at radius 1 is 1.25 bits per heavy atom. The van der Waals surface area contributed by atoms with Crippen molar-refractivity contribution < 1.29 is 19.0 Å². The standard InChI is InChI=1S/C22H27ClFNO3/c1-3-4-12-28-18-7-5-6-17(13-18)14-25(11-10-21(26)27)15-19-20(23)9-8-16(2)22(19)24/h5-9,13H,3-4,10-12,14-15H2,1-2H3,(H,26,27). The van der Waals surface area contributed by atoms with E-state index in [1.165, 1.54) is 0 Å². The fraction of sp³-hybridized carbons (Fsp3) is 0.409. The van der Waals surface area contributed by atoms with Gasteiger partial charge in [0.2, 0.25) is 0 Å². The Kier molecular flexibility index (Phi) is 8.74. The van der Waals surface area contributed by atoms with Crippen molar-refractivity contribution in [2.24, 2.45) is 0 Å². The zero-order chi connectivity index (χ0) is 20.5. The van der Waals surface area contributed by atoms with Crippen LogP contribution in [0.3, 0.4) is 0 Å². The molecular weight excluding hydrogens is 381 g/mol. The maximum absolute atomic E-state index is 14.6. The molecule has 6 heteroatoms. The number of aliphatic carboxylic acids is 1. The average Bonchev–Trinajstić information content (AvgIpc) is 2.66. The van der Waals surface area contributed by atoms with Gasteiger partial charge < -0.3 is 9.84 Å². The maximum Gasteiger partial charge on any atom is 0.304 e. The first-order chi connectivity index (χ1) is 13.4. The van der Waals surface area contributed by atoms with E-state index >= 15 is 0 Å². The van der Waals surface area contributed by atoms with Gasteiger partial charge in [-0.3, -0.25) is 9.69 Å². The molecule has 152 valence electrons. The monoisotopic (exact) mass is 407 g/mol. The molecule has 0 bridgehead atoms. The molecule has 2 aromatic rings. The van der Waals surface area contributed by atoms with Crippen LogP contribution in [0.2, 0.25) is 5.02 Å². The van der Waals surface area contributed by atoms with E-state index in [0.29, 0.717) is 35.8 Å². The molecule has 0 aliphatic rings. The lowest BCUT2D eigenvalue weighted by Gasteiger charge is -2.23. The van der Waals surface area contributed by atoms with Gasteiger partial charge in [-0.2, -0.15) is 0 Å². The number of nitrogens with zero attached hydrogens (tertiary/aromatic N) is 1. The van der Waals surface area contributed by atoms with Crippen LogP contribution in [0.5, 0.6) is 5.75 Å². The minimum Gasteiger partial charge on any atom is -0.494 e. The Hall–Kier alpha value is -2.11. The van der Waals surface area contributed by atoms with Crippen molar-refractivity contribution in [2.75, 3.05) is 13.2 Å². The summed E-state index contributed by atoms with van der Waals surface area (Å²) >= 11 is 6.20. The van der Waals surface area contributed by atoms with Gasteiger partial charge in [-0.15, -0.1) is 0 Å². The average molecular weight is 408 g/mol. The van der Waals surface area contributed by atoms with Crippen molar-refractivity contribution >= 4 is 17.6 Å². The summed E-state index contributed by atoms with van der Waals surface area (Å²) in [5.74, 6) is -0.453. The van der Waals surface area contributed by atoms with E-state index in [-0.39, 0.29) is 18.8 Å². The first-order valence-corrected chi connectivity index (χ1v) is 9.87. The molecule has 0 saturated heterocycles. The summed E-state index contributed by atoms with van der Waals surface area (Å²) in [7, 11) is 0. The summed E-state index contributed by atoms with van der Waals surface area (Å²) in [6, 6.07) is 11.0. The molecule has 0 aliphatic heterocycles. The van der Waals surface area contributed by atoms with Crippen molar-refractivity contribution in [3.63, 3.8) is 0 Å². The van der Waals surface area contributed by atoms with E-state index in [9.17, 15) is 9.18 Å². The van der Waals surface area contributed by atoms with E-state index in [1.807, 2.05) is 29.2 Å². The van der Waals surface area contributed by atoms with Crippen LogP contribution in [0.15, 0.2) is 36.4 Å². The third kappa shape index (κ3) is 6.80. The van der Waals surface area contributed by atoms with E-state index in [4.69, 9.17) is 21.4 Å². The van der Waals surface area contributed by atoms with Crippen molar-refractivity contribution in [3.05, 3.63) is 63.9 Å². The van der Waals surface area contributed by atoms with Gasteiger partial charge in [0.25, 0.3) is 0 Å². The number of carboxylic acids is 1. The predicted octanol–water partition coefficient (Wildman–Crippen LogP) is 5.44. The van der Waals surface area contributed by atoms with Gasteiger partial charge >= 0.3 is 5.97 Å². The molecule has 0 fully saturated rings. The molecule has 4 nitrogen and oxygen atoms in total. The van der Waals surface area contributed by atoms with Crippen LogP contribution < -0.4 is 4.74 Å². The third-order valence-corrected chi connectivity index (χ3v) is 4.83. The van der Waals surface area contributed by atoms with Crippen LogP contribution >= 0.6 is 11.6 Å². The summed E-state index contributed by atoms with van der Waals surface area (Å²) in [5.41, 5.74) is 1.88. The smallest absolute Gasteiger partial charge is 0.304 e. The van der Waals surface area contributed by atoms with Crippen molar-refractivity contribution in [1.82, 2.24) is 4.90 Å². The molecule has 0 aliphatic carbocycles. The van der Waals surface area contributed by atoms with E-state index in [1.54, 1.807) is 19.1 Å². The largest absolute Gasteiger partial charge is 0.494 e. The van der Waals surface area contributed by atoms with Gasteiger partial charge in [-0.25, -0.2) is 4.39 Å². The van der Waals surface area contributed by atoms with Gasteiger partial charge in [0.15, 0.2) is 0 Å². The lowest BCUT2D eigenvalue weighted by molar-refractivity contribution is -0.137. The Morgan fingerprint density at radius 3 is 2.75 bits per heavy atom. The molecule has 28 heavy (non-hydrogen) atoms. The zero-order valence-corrected chi connectivity index (χ0v) is 17.1. The Bertz CT molecular complexity index is 797. The van der Waals surface area contributed by atoms with Crippen LogP contribution in [0, 0.1) is 12.7 Å². The van der Waals surface area contributed by atoms with Crippen LogP contribution in [-0.2, 0) is 17.9 Å². The van der Waals surface area contributed by atoms with Gasteiger partial charge in [0, 0.05) is 30.2 Å². The molecule has 0 atom stereocenters. The summed E-state index contributed by atoms with van der Waals surface area (Å²) < 4.78 is 20.3. The van der Waals surface area contributed by atoms with Gasteiger partial charge in [0.1, 0.15) is 11.6 Å². The van der Waals surface area contributed by atoms with Crippen molar-refractivity contribution in [3.8, 4) is 5.75 Å². The number of hydrogen-bond donors (Lipinski definition) is 1. The van der Waals surface area contributed by atoms with Gasteiger partial charge in [0.05, 0.1) is 13.0 Å². The Balaban J connectivity index is 2.16. The Labute approximate surface area is 170 Å². The number of halogens is 2. The molecule has 0 amide bonds. The normalized spacial score (nSPS) is 11.0. The summed E-state index contributed by atoms with van der Waals surface area (Å²) in [6.07, 6.45) is 2.02. The molecular formula is C22H27ClFNO3. The summed E-state index contributed by atoms with van der Waals surface area (Å²) in [5, 5.41) is 9.41. The van der Waals surface area contributed by atoms with Crippen molar-refractivity contribution in [1.29, 1.82) is 0 Å². The molecule has 0 spiro atoms. The number of aryl methyl sites for hydroxylation is 1. The number of benzene rings is 2. The minimum atomic E-state index is -0.891. The second-order valence-corrected chi connectivity index (χ2v) is 7.27. The second kappa shape index (κ2) is 11.0. The predicted molar refractivity (Wildman–Crippen MR) is 109 cm³/mol. The highest BCUT2D eigenvalue weighted by Gasteiger charge is 2.16. The topological polar surface area (TPSA) is 49.8 Å². The van der Waals surface area contributed by atoms with Crippen molar-refractivity contribution in [2.45, 2.75) is 46.2 Å². The quantitative estimate of drug-likeness (QED) is 0.503. The Morgan fingerprint density at radius 2 is 2.04 bits per heavy atom. The number of ether oxygens (including phenoxy) is 1. The first kappa shape index (κ1) is 22.2. The van der Waals surface area contributed by atoms with Crippen LogP contribution in [0.25, 0.3) is 0 Å². The number of hydrogen-bond acceptors (Lipinski definition) is 3. The van der Waals surface area contributed by atoms with E-state index in [0.717, 1.165) is 24.2 Å². The number of carbonyl (C=O) groups is 1. The van der Waals surface area contributed by atoms with E-state index in [2.05, 4.69) is 6.92 Å². The third-order valence-electron chi connectivity index (χ3n) is 4.47. The lowest BCUT2D eigenvalue weighted by Crippen LogP contribution is -2.26. The molecule has 2 rings (SSSR count). The maximum atomic E-state index is 14.6. The van der Waals surface area contributed by atoms with Gasteiger partial charge in [-0.1, -0.05) is 43.1 Å². The number of carboxylic acid groups (broad SMARTS) is 1. The van der Waals surface area contributed by atoms with Crippen LogP contribution in [0.1, 0.15) is 42.9 Å². The fourth-order valence-electron chi connectivity index (χ4n) is 2.88. The number of rotatable bonds is 11. The van der Waals surface area contributed by atoms with Crippen LogP contribution in [-0.4, -0.2) is 29.1 Å². The molecule has 2 aromatic carbocycles. The fourth-order valence-corrected chi connectivity index (χ4v) is 3.08. The van der Waals surface area contributed by atoms with E-state index < -0.39 is 5.97 Å². The highest BCUT2D eigenvalue weighted by atomic mass is 35.5. The molecule has 0 radical (unpaired) electrons. The highest BCUT2D eigenvalue weighted by Crippen LogP contribution is 2.25. The second-order valence-electron chi connectivity index (χ2n) is 6.86. The number of unbranched alkanes of at least 4 members (excludes halogenated alkanes) is 1. The molecule has 0 unspecified atom stereocenters. The van der Waals surface area contributed by atoms with Gasteiger partial charge in [-0.05, 0) is 42.7 Å². The minimum absolute atomic E-state index is 0.0300. The molecule has 0 saturated carbocycles. The first-order valence-electron chi connectivity index (χ1n) is 9.50. The summed E-state index contributed by atoms with van der Waals surface area (Å²) in [6.45, 7) is 5.46. The zero-order valence-electron chi connectivity index (χ0n) is 16.4. The van der Waals surface area contributed by atoms with Crippen LogP contribution in [0.4, 0.5) is 4.39 Å². The molecule has 1 N–H and O–H groups in total. The SMILES string of the molecule is CCCCOc1cccc(CN(CCC(=O)O)Cc2c(Cl)ccc(C)c2F)c1. The lowest BCUT2D eigenvalue weighted by atomic mass is 10.1.